The van der Waals surface area contributed by atoms with Crippen LogP contribution < -0.4 is 10.6 Å². The van der Waals surface area contributed by atoms with Crippen LogP contribution in [0, 0.1) is 13.8 Å². The maximum atomic E-state index is 11.9. The molecule has 2 N–H and O–H groups in total. The number of aryl methyl sites for hydroxylation is 2. The van der Waals surface area contributed by atoms with Crippen molar-refractivity contribution in [2.24, 2.45) is 0 Å². The first kappa shape index (κ1) is 13.4. The van der Waals surface area contributed by atoms with E-state index in [0.29, 0.717) is 11.0 Å². The second-order valence-electron chi connectivity index (χ2n) is 4.79. The molecule has 0 saturated carbocycles. The third-order valence-electron chi connectivity index (χ3n) is 3.12. The Kier molecular flexibility index (Phi) is 4.66. The van der Waals surface area contributed by atoms with E-state index in [0.717, 1.165) is 24.3 Å². The van der Waals surface area contributed by atoms with Gasteiger partial charge in [-0.3, -0.25) is 4.79 Å². The molecule has 1 aliphatic heterocycles. The molecule has 4 heteroatoms. The average molecular weight is 264 g/mol. The molecule has 0 bridgehead atoms. The Balaban J connectivity index is 1.82. The summed E-state index contributed by atoms with van der Waals surface area (Å²) in [6.45, 7) is 6.19. The van der Waals surface area contributed by atoms with Crippen molar-refractivity contribution in [1.29, 1.82) is 0 Å². The maximum Gasteiger partial charge on any atom is 0.234 e. The predicted octanol–water partition coefficient (Wildman–Crippen LogP) is 2.34. The quantitative estimate of drug-likeness (QED) is 0.877. The number of amides is 1. The van der Waals surface area contributed by atoms with Crippen LogP contribution in [0.4, 0.5) is 5.69 Å². The molecule has 1 unspecified atom stereocenters. The van der Waals surface area contributed by atoms with Gasteiger partial charge >= 0.3 is 0 Å². The molecule has 0 aromatic heterocycles. The summed E-state index contributed by atoms with van der Waals surface area (Å²) < 4.78 is 0. The van der Waals surface area contributed by atoms with E-state index < -0.39 is 0 Å². The molecule has 0 radical (unpaired) electrons. The van der Waals surface area contributed by atoms with E-state index in [1.165, 1.54) is 12.0 Å². The minimum absolute atomic E-state index is 0.0962. The lowest BCUT2D eigenvalue weighted by molar-refractivity contribution is -0.113. The van der Waals surface area contributed by atoms with Gasteiger partial charge in [0.25, 0.3) is 0 Å². The van der Waals surface area contributed by atoms with Gasteiger partial charge < -0.3 is 10.6 Å². The Hall–Kier alpha value is -1.00. The Morgan fingerprint density at radius 2 is 2.33 bits per heavy atom. The van der Waals surface area contributed by atoms with Crippen LogP contribution in [0.3, 0.4) is 0 Å². The van der Waals surface area contributed by atoms with E-state index in [9.17, 15) is 4.79 Å². The van der Waals surface area contributed by atoms with Crippen molar-refractivity contribution in [1.82, 2.24) is 5.32 Å². The van der Waals surface area contributed by atoms with Crippen LogP contribution in [0.5, 0.6) is 0 Å². The summed E-state index contributed by atoms with van der Waals surface area (Å²) in [6.07, 6.45) is 1.17. The fraction of sp³-hybridized carbons (Fsp3) is 0.500. The van der Waals surface area contributed by atoms with Crippen molar-refractivity contribution < 1.29 is 4.79 Å². The van der Waals surface area contributed by atoms with Gasteiger partial charge in [-0.05, 0) is 38.4 Å². The van der Waals surface area contributed by atoms with Crippen LogP contribution in [-0.2, 0) is 4.79 Å². The standard InChI is InChI=1S/C14H20N2OS/c1-10-3-4-13(11(2)7-10)16-14(17)9-18-12-5-6-15-8-12/h3-4,7,12,15H,5-6,8-9H2,1-2H3,(H,16,17). The fourth-order valence-corrected chi connectivity index (χ4v) is 3.08. The second-order valence-corrected chi connectivity index (χ2v) is 6.08. The van der Waals surface area contributed by atoms with Gasteiger partial charge in [0.2, 0.25) is 5.91 Å². The molecule has 18 heavy (non-hydrogen) atoms. The lowest BCUT2D eigenvalue weighted by atomic mass is 10.1. The SMILES string of the molecule is Cc1ccc(NC(=O)CSC2CCNC2)c(C)c1. The van der Waals surface area contributed by atoms with Crippen molar-refractivity contribution in [2.75, 3.05) is 24.2 Å². The molecule has 0 aliphatic carbocycles. The van der Waals surface area contributed by atoms with Crippen LogP contribution in [0.2, 0.25) is 0 Å². The largest absolute Gasteiger partial charge is 0.325 e. The molecule has 1 atom stereocenters. The highest BCUT2D eigenvalue weighted by atomic mass is 32.2. The molecule has 1 heterocycles. The van der Waals surface area contributed by atoms with Gasteiger partial charge in [0, 0.05) is 17.5 Å². The number of carbonyl (C=O) groups is 1. The van der Waals surface area contributed by atoms with Crippen molar-refractivity contribution in [3.05, 3.63) is 29.3 Å². The van der Waals surface area contributed by atoms with Crippen LogP contribution in [0.15, 0.2) is 18.2 Å². The zero-order valence-electron chi connectivity index (χ0n) is 11.0. The van der Waals surface area contributed by atoms with Gasteiger partial charge in [0.15, 0.2) is 0 Å². The first-order valence-electron chi connectivity index (χ1n) is 6.34. The van der Waals surface area contributed by atoms with Crippen molar-refractivity contribution in [3.63, 3.8) is 0 Å². The Morgan fingerprint density at radius 1 is 1.50 bits per heavy atom. The monoisotopic (exact) mass is 264 g/mol. The highest BCUT2D eigenvalue weighted by molar-refractivity contribution is 8.00. The maximum absolute atomic E-state index is 11.9. The molecule has 1 fully saturated rings. The number of anilines is 1. The zero-order valence-corrected chi connectivity index (χ0v) is 11.8. The molecular weight excluding hydrogens is 244 g/mol. The van der Waals surface area contributed by atoms with Crippen LogP contribution >= 0.6 is 11.8 Å². The van der Waals surface area contributed by atoms with E-state index in [1.807, 2.05) is 19.1 Å². The summed E-state index contributed by atoms with van der Waals surface area (Å²) in [6, 6.07) is 6.09. The number of thioether (sulfide) groups is 1. The number of hydrogen-bond acceptors (Lipinski definition) is 3. The zero-order chi connectivity index (χ0) is 13.0. The molecule has 2 rings (SSSR count). The number of nitrogens with one attached hydrogen (secondary N) is 2. The molecule has 1 aliphatic rings. The van der Waals surface area contributed by atoms with E-state index in [2.05, 4.69) is 23.6 Å². The Bertz CT molecular complexity index is 428. The van der Waals surface area contributed by atoms with Crippen LogP contribution in [-0.4, -0.2) is 30.0 Å². The Morgan fingerprint density at radius 3 is 3.00 bits per heavy atom. The molecule has 1 amide bonds. The minimum Gasteiger partial charge on any atom is -0.325 e. The lowest BCUT2D eigenvalue weighted by Gasteiger charge is -2.11. The Labute approximate surface area is 113 Å². The molecule has 1 aromatic carbocycles. The van der Waals surface area contributed by atoms with Gasteiger partial charge in [-0.1, -0.05) is 17.7 Å². The molecule has 3 nitrogen and oxygen atoms in total. The summed E-state index contributed by atoms with van der Waals surface area (Å²) in [4.78, 5) is 11.9. The third-order valence-corrected chi connectivity index (χ3v) is 4.42. The molecule has 1 saturated heterocycles. The first-order chi connectivity index (χ1) is 8.65. The number of carbonyl (C=O) groups excluding carboxylic acids is 1. The van der Waals surface area contributed by atoms with Crippen LogP contribution in [0.25, 0.3) is 0 Å². The highest BCUT2D eigenvalue weighted by Crippen LogP contribution is 2.19. The van der Waals surface area contributed by atoms with Gasteiger partial charge in [-0.15, -0.1) is 11.8 Å². The van der Waals surface area contributed by atoms with Crippen molar-refractivity contribution >= 4 is 23.4 Å². The molecule has 98 valence electrons. The van der Waals surface area contributed by atoms with E-state index >= 15 is 0 Å². The molecular formula is C14H20N2OS. The summed E-state index contributed by atoms with van der Waals surface area (Å²) in [7, 11) is 0. The average Bonchev–Trinajstić information content (AvgIpc) is 2.83. The normalized spacial score (nSPS) is 18.9. The first-order valence-corrected chi connectivity index (χ1v) is 7.39. The van der Waals surface area contributed by atoms with Gasteiger partial charge in [0.05, 0.1) is 5.75 Å². The van der Waals surface area contributed by atoms with Crippen molar-refractivity contribution in [2.45, 2.75) is 25.5 Å². The number of hydrogen-bond donors (Lipinski definition) is 2. The smallest absolute Gasteiger partial charge is 0.234 e. The lowest BCUT2D eigenvalue weighted by Crippen LogP contribution is -2.18. The number of rotatable bonds is 4. The second kappa shape index (κ2) is 6.25. The minimum atomic E-state index is 0.0962. The van der Waals surface area contributed by atoms with E-state index in [4.69, 9.17) is 0 Å². The predicted molar refractivity (Wildman–Crippen MR) is 78.3 cm³/mol. The van der Waals surface area contributed by atoms with E-state index in [-0.39, 0.29) is 5.91 Å². The summed E-state index contributed by atoms with van der Waals surface area (Å²) in [5.74, 6) is 0.637. The van der Waals surface area contributed by atoms with E-state index in [1.54, 1.807) is 11.8 Å². The topological polar surface area (TPSA) is 41.1 Å². The third kappa shape index (κ3) is 3.75. The summed E-state index contributed by atoms with van der Waals surface area (Å²) in [5.41, 5.74) is 3.27. The highest BCUT2D eigenvalue weighted by Gasteiger charge is 2.16. The van der Waals surface area contributed by atoms with Gasteiger partial charge in [-0.25, -0.2) is 0 Å². The fourth-order valence-electron chi connectivity index (χ4n) is 2.10. The van der Waals surface area contributed by atoms with Crippen molar-refractivity contribution in [3.8, 4) is 0 Å². The van der Waals surface area contributed by atoms with Crippen LogP contribution in [0.1, 0.15) is 17.5 Å². The summed E-state index contributed by atoms with van der Waals surface area (Å²) in [5, 5.41) is 6.88. The molecule has 1 aromatic rings. The van der Waals surface area contributed by atoms with Gasteiger partial charge in [-0.2, -0.15) is 0 Å². The number of benzene rings is 1. The summed E-state index contributed by atoms with van der Waals surface area (Å²) >= 11 is 1.75. The molecule has 0 spiro atoms. The van der Waals surface area contributed by atoms with Gasteiger partial charge in [0.1, 0.15) is 0 Å².